The van der Waals surface area contributed by atoms with Crippen molar-refractivity contribution in [1.82, 2.24) is 0 Å². The molecule has 0 saturated carbocycles. The maximum atomic E-state index is 2.26. The van der Waals surface area contributed by atoms with Crippen LogP contribution >= 0.6 is 39.6 Å². The summed E-state index contributed by atoms with van der Waals surface area (Å²) < 4.78 is 0. The molecule has 16 aromatic carbocycles. The Hall–Kier alpha value is -10.5. The van der Waals surface area contributed by atoms with Crippen LogP contribution in [0.1, 0.15) is 0 Å². The molecule has 0 fully saturated rings. The van der Waals surface area contributed by atoms with Gasteiger partial charge < -0.3 is 0 Å². The molecule has 0 bridgehead atoms. The summed E-state index contributed by atoms with van der Waals surface area (Å²) in [7, 11) is 0. The van der Waals surface area contributed by atoms with Crippen molar-refractivity contribution in [2.24, 2.45) is 0 Å². The lowest BCUT2D eigenvalue weighted by molar-refractivity contribution is 1.66. The number of hydrogen-bond acceptors (Lipinski definition) is 0. The molecule has 16 aromatic rings. The molecule has 512 valence electrons. The van der Waals surface area contributed by atoms with Crippen LogP contribution in [0.2, 0.25) is 0 Å². The summed E-state index contributed by atoms with van der Waals surface area (Å²) in [4.78, 5) is 0. The standard InChI is InChI=1S/4C24H20B.4H3P/c4*1-5-13-21(14-6-1)25(22-15-7-2-8-16-22,23-17-9-3-10-18-23)24-19-11-4-12-20-24;;;;/h4*1-20H;4*1H3/q4*-1;;;;/p+4. The molecule has 0 radical (unpaired) electrons. The number of rotatable bonds is 16. The van der Waals surface area contributed by atoms with Crippen LogP contribution in [0.4, 0.5) is 0 Å². The molecular formula is C96H96B4P4. The summed E-state index contributed by atoms with van der Waals surface area (Å²) >= 11 is 0. The number of benzene rings is 16. The van der Waals surface area contributed by atoms with E-state index in [2.05, 4.69) is 485 Å². The van der Waals surface area contributed by atoms with E-state index in [0.717, 1.165) is 0 Å². The molecule has 0 aliphatic heterocycles. The maximum Gasteiger partial charge on any atom is 0.108 e. The fourth-order valence-electron chi connectivity index (χ4n) is 16.5. The molecule has 4 unspecified atom stereocenters. The van der Waals surface area contributed by atoms with E-state index in [9.17, 15) is 0 Å². The van der Waals surface area contributed by atoms with Crippen molar-refractivity contribution in [1.29, 1.82) is 0 Å². The zero-order valence-corrected chi connectivity index (χ0v) is 68.5. The van der Waals surface area contributed by atoms with Crippen LogP contribution in [0.15, 0.2) is 485 Å². The van der Waals surface area contributed by atoms with Gasteiger partial charge in [0.1, 0.15) is 24.6 Å². The number of hydrogen-bond donors (Lipinski definition) is 0. The van der Waals surface area contributed by atoms with E-state index in [1.54, 1.807) is 0 Å². The van der Waals surface area contributed by atoms with E-state index < -0.39 is 24.6 Å². The fourth-order valence-corrected chi connectivity index (χ4v) is 16.5. The third-order valence-corrected chi connectivity index (χ3v) is 20.8. The van der Waals surface area contributed by atoms with Gasteiger partial charge in [-0.25, -0.2) is 0 Å². The molecule has 0 amide bonds. The van der Waals surface area contributed by atoms with Gasteiger partial charge in [0, 0.05) is 0 Å². The third kappa shape index (κ3) is 16.4. The Labute approximate surface area is 632 Å². The summed E-state index contributed by atoms with van der Waals surface area (Å²) in [6.07, 6.45) is -4.86. The van der Waals surface area contributed by atoms with Crippen molar-refractivity contribution in [2.45, 2.75) is 0 Å². The van der Waals surface area contributed by atoms with Gasteiger partial charge in [-0.2, -0.15) is 87.4 Å². The van der Waals surface area contributed by atoms with Crippen molar-refractivity contribution >= 4 is 152 Å². The molecule has 0 heterocycles. The molecule has 4 atom stereocenters. The lowest BCUT2D eigenvalue weighted by atomic mass is 9.13. The smallest absolute Gasteiger partial charge is 0.108 e. The molecule has 0 spiro atoms. The molecule has 16 rings (SSSR count). The molecular weight excluding hydrogens is 1320 g/mol. The Kier molecular flexibility index (Phi) is 28.9. The minimum Gasteiger partial charge on any atom is -0.195 e. The molecule has 104 heavy (non-hydrogen) atoms. The van der Waals surface area contributed by atoms with E-state index in [4.69, 9.17) is 0 Å². The maximum absolute atomic E-state index is 2.26. The van der Waals surface area contributed by atoms with Crippen LogP contribution in [0.5, 0.6) is 0 Å². The highest BCUT2D eigenvalue weighted by molar-refractivity contribution is 7.22. The Morgan fingerprint density at radius 3 is 0.173 bits per heavy atom. The Morgan fingerprint density at radius 1 is 0.0769 bits per heavy atom. The fraction of sp³-hybridized carbons (Fsp3) is 0. The van der Waals surface area contributed by atoms with Crippen LogP contribution in [-0.4, -0.2) is 24.6 Å². The summed E-state index contributed by atoms with van der Waals surface area (Å²) in [6, 6.07) is 174. The lowest BCUT2D eigenvalue weighted by Crippen LogP contribution is -2.74. The summed E-state index contributed by atoms with van der Waals surface area (Å²) in [6.45, 7) is 0. The van der Waals surface area contributed by atoms with Crippen LogP contribution < -0.4 is 87.4 Å². The van der Waals surface area contributed by atoms with Gasteiger partial charge >= 0.3 is 0 Å². The monoisotopic (exact) mass is 1420 g/mol. The Bertz CT molecular complexity index is 3690. The molecule has 0 aromatic heterocycles. The van der Waals surface area contributed by atoms with E-state index >= 15 is 0 Å². The van der Waals surface area contributed by atoms with Crippen molar-refractivity contribution < 1.29 is 0 Å². The predicted octanol–water partition coefficient (Wildman–Crippen LogP) is 11.4. The highest BCUT2D eigenvalue weighted by atomic mass is 31.0. The van der Waals surface area contributed by atoms with Crippen molar-refractivity contribution in [2.75, 3.05) is 0 Å². The van der Waals surface area contributed by atoms with Crippen LogP contribution in [0.25, 0.3) is 0 Å². The highest BCUT2D eigenvalue weighted by Gasteiger charge is 2.35. The minimum absolute atomic E-state index is 0. The average molecular weight is 1420 g/mol. The molecule has 0 aliphatic rings. The average Bonchev–Trinajstić information content (AvgIpc) is 0.763. The van der Waals surface area contributed by atoms with E-state index in [0.29, 0.717) is 0 Å². The van der Waals surface area contributed by atoms with Gasteiger partial charge in [0.15, 0.2) is 0 Å². The Balaban J connectivity index is 0.000000159. The van der Waals surface area contributed by atoms with Gasteiger partial charge in [-0.1, -0.05) is 485 Å². The second kappa shape index (κ2) is 38.7. The van der Waals surface area contributed by atoms with Gasteiger partial charge in [-0.15, -0.1) is 0 Å². The van der Waals surface area contributed by atoms with Crippen LogP contribution in [0, 0.1) is 0 Å². The van der Waals surface area contributed by atoms with Crippen molar-refractivity contribution in [3.05, 3.63) is 485 Å². The van der Waals surface area contributed by atoms with Gasteiger partial charge in [0.25, 0.3) is 0 Å². The first-order valence-electron chi connectivity index (χ1n) is 35.2. The third-order valence-electron chi connectivity index (χ3n) is 20.8. The van der Waals surface area contributed by atoms with Gasteiger partial charge in [-0.05, 0) is 39.6 Å². The van der Waals surface area contributed by atoms with Gasteiger partial charge in [0.2, 0.25) is 0 Å². The first-order valence-corrected chi connectivity index (χ1v) is 35.2. The molecule has 0 aliphatic carbocycles. The summed E-state index contributed by atoms with van der Waals surface area (Å²) in [5.41, 5.74) is 21.4. The van der Waals surface area contributed by atoms with E-state index in [-0.39, 0.29) is 39.6 Å². The van der Waals surface area contributed by atoms with Crippen LogP contribution in [-0.2, 0) is 0 Å². The second-order valence-corrected chi connectivity index (χ2v) is 26.0. The minimum atomic E-state index is -1.22. The molecule has 0 N–H and O–H groups in total. The Morgan fingerprint density at radius 2 is 0.125 bits per heavy atom. The highest BCUT2D eigenvalue weighted by Crippen LogP contribution is 2.15. The van der Waals surface area contributed by atoms with Crippen molar-refractivity contribution in [3.63, 3.8) is 0 Å². The van der Waals surface area contributed by atoms with Gasteiger partial charge in [-0.3, -0.25) is 0 Å². The first-order chi connectivity index (χ1) is 49.7. The molecule has 0 nitrogen and oxygen atoms in total. The van der Waals surface area contributed by atoms with E-state index in [1.807, 2.05) is 0 Å². The van der Waals surface area contributed by atoms with Crippen LogP contribution in [0.3, 0.4) is 0 Å². The normalized spacial score (nSPS) is 10.8. The predicted molar refractivity (Wildman–Crippen MR) is 490 cm³/mol. The van der Waals surface area contributed by atoms with Gasteiger partial charge in [0.05, 0.1) is 0 Å². The lowest BCUT2D eigenvalue weighted by Gasteiger charge is -2.44. The van der Waals surface area contributed by atoms with Crippen molar-refractivity contribution in [3.8, 4) is 0 Å². The second-order valence-electron chi connectivity index (χ2n) is 26.0. The summed E-state index contributed by atoms with van der Waals surface area (Å²) in [5, 5.41) is 0. The zero-order valence-electron chi connectivity index (χ0n) is 60.5. The van der Waals surface area contributed by atoms with E-state index in [1.165, 1.54) is 87.4 Å². The SMILES string of the molecule is [PH4+].[PH4+].[PH4+].[PH4+].c1ccc([B-](c2ccccc2)(c2ccccc2)c2ccccc2)cc1.c1ccc([B-](c2ccccc2)(c2ccccc2)c2ccccc2)cc1.c1ccc([B-](c2ccccc2)(c2ccccc2)c2ccccc2)cc1.c1ccc([B-](c2ccccc2)(c2ccccc2)c2ccccc2)cc1. The summed E-state index contributed by atoms with van der Waals surface area (Å²) in [5.74, 6) is 0. The molecule has 8 heteroatoms. The largest absolute Gasteiger partial charge is 0.195 e. The quantitative estimate of drug-likeness (QED) is 0.0668. The first kappa shape index (κ1) is 77.7. The topological polar surface area (TPSA) is 0 Å². The molecule has 0 saturated heterocycles. The zero-order chi connectivity index (χ0) is 67.8.